The van der Waals surface area contributed by atoms with Crippen molar-refractivity contribution in [3.05, 3.63) is 133 Å². The Labute approximate surface area is 260 Å². The third-order valence-corrected chi connectivity index (χ3v) is 7.63. The summed E-state index contributed by atoms with van der Waals surface area (Å²) in [6.45, 7) is 7.13. The van der Waals surface area contributed by atoms with Crippen LogP contribution in [0.2, 0.25) is 0 Å². The van der Waals surface area contributed by atoms with Gasteiger partial charge in [-0.3, -0.25) is 14.5 Å². The Morgan fingerprint density at radius 1 is 0.738 bits per heavy atom. The number of nitrogens with zero attached hydrogens (tertiary/aromatic N) is 5. The maximum absolute atomic E-state index is 5.31. The minimum atomic E-state index is 0. The van der Waals surface area contributed by atoms with Crippen LogP contribution < -0.4 is 4.90 Å². The molecule has 42 heavy (non-hydrogen) atoms. The number of hydrogen-bond acceptors (Lipinski definition) is 3. The van der Waals surface area contributed by atoms with Crippen molar-refractivity contribution in [1.82, 2.24) is 19.1 Å². The van der Waals surface area contributed by atoms with Crippen LogP contribution in [-0.4, -0.2) is 25.6 Å². The topological polar surface area (TPSA) is 38.9 Å². The van der Waals surface area contributed by atoms with Gasteiger partial charge < -0.3 is 4.57 Å². The molecule has 0 spiro atoms. The van der Waals surface area contributed by atoms with E-state index in [2.05, 4.69) is 120 Å². The van der Waals surface area contributed by atoms with E-state index in [-0.39, 0.29) is 21.1 Å². The van der Waals surface area contributed by atoms with Crippen molar-refractivity contribution >= 4 is 33.7 Å². The predicted octanol–water partition coefficient (Wildman–Crippen LogP) is 8.40. The predicted molar refractivity (Wildman–Crippen MR) is 167 cm³/mol. The second kappa shape index (κ2) is 11.4. The van der Waals surface area contributed by atoms with Crippen molar-refractivity contribution < 1.29 is 21.1 Å². The van der Waals surface area contributed by atoms with E-state index in [0.29, 0.717) is 6.54 Å². The van der Waals surface area contributed by atoms with Gasteiger partial charge in [-0.15, -0.1) is 42.0 Å². The Morgan fingerprint density at radius 2 is 1.48 bits per heavy atom. The summed E-state index contributed by atoms with van der Waals surface area (Å²) in [5, 5.41) is 2.27. The number of benzene rings is 4. The summed E-state index contributed by atoms with van der Waals surface area (Å²) >= 11 is 0. The van der Waals surface area contributed by atoms with Gasteiger partial charge in [0.15, 0.2) is 0 Å². The number of aryl methyl sites for hydroxylation is 2. The fourth-order valence-electron chi connectivity index (χ4n) is 5.75. The number of anilines is 2. The normalized spacial score (nSPS) is 11.1. The first kappa shape index (κ1) is 27.7. The quantitative estimate of drug-likeness (QED) is 0.162. The van der Waals surface area contributed by atoms with E-state index in [1.54, 1.807) is 0 Å². The van der Waals surface area contributed by atoms with Gasteiger partial charge >= 0.3 is 21.1 Å². The molecule has 7 rings (SSSR count). The third kappa shape index (κ3) is 4.64. The van der Waals surface area contributed by atoms with Crippen LogP contribution in [0.4, 0.5) is 11.8 Å². The van der Waals surface area contributed by atoms with Crippen molar-refractivity contribution in [2.75, 3.05) is 11.4 Å². The van der Waals surface area contributed by atoms with Crippen molar-refractivity contribution in [3.63, 3.8) is 0 Å². The van der Waals surface area contributed by atoms with Gasteiger partial charge in [-0.1, -0.05) is 42.1 Å². The van der Waals surface area contributed by atoms with Gasteiger partial charge in [0, 0.05) is 23.0 Å². The first-order valence-electron chi connectivity index (χ1n) is 13.9. The minimum Gasteiger partial charge on any atom is -0.318 e. The summed E-state index contributed by atoms with van der Waals surface area (Å²) in [4.78, 5) is 12.7. The fraction of sp³-hybridized carbons (Fsp3) is 0.111. The smallest absolute Gasteiger partial charge is 0.318 e. The zero-order chi connectivity index (χ0) is 27.9. The van der Waals surface area contributed by atoms with E-state index in [9.17, 15) is 0 Å². The van der Waals surface area contributed by atoms with E-state index < -0.39 is 0 Å². The molecule has 208 valence electrons. The molecule has 3 aromatic heterocycles. The van der Waals surface area contributed by atoms with Crippen molar-refractivity contribution in [2.24, 2.45) is 0 Å². The average molecular weight is 727 g/mol. The molecule has 0 radical (unpaired) electrons. The molecule has 0 atom stereocenters. The molecule has 0 aliphatic heterocycles. The zero-order valence-corrected chi connectivity index (χ0v) is 25.9. The van der Waals surface area contributed by atoms with Crippen LogP contribution in [0.25, 0.3) is 44.6 Å². The fourth-order valence-corrected chi connectivity index (χ4v) is 5.75. The standard InChI is InChI=1S/C36H29N5.Pt/c1-4-39(36-37-31(27-16-7-5-8-17-27)24-40(36)34-25(2)14-13-15-26(34)3)33-23-22-30-29-20-11-12-21-32(29)41(35(30)38-33)28-18-9-6-10-19-28;/h5-16,18,20-24H,4H2,1-3H3;/q-2;+2. The largest absolute Gasteiger partial charge is 2.00 e. The van der Waals surface area contributed by atoms with Crippen LogP contribution in [0.5, 0.6) is 0 Å². The zero-order valence-electron chi connectivity index (χ0n) is 23.7. The van der Waals surface area contributed by atoms with Gasteiger partial charge in [0.05, 0.1) is 11.2 Å². The molecule has 3 heterocycles. The summed E-state index contributed by atoms with van der Waals surface area (Å²) in [6.07, 6.45) is 2.12. The average Bonchev–Trinajstić information content (AvgIpc) is 3.58. The van der Waals surface area contributed by atoms with Gasteiger partial charge in [0.25, 0.3) is 0 Å². The molecule has 0 aliphatic rings. The van der Waals surface area contributed by atoms with E-state index in [1.165, 1.54) is 16.5 Å². The molecule has 7 aromatic rings. The summed E-state index contributed by atoms with van der Waals surface area (Å²) in [5.74, 6) is 1.65. The molecule has 0 amide bonds. The molecule has 0 saturated heterocycles. The van der Waals surface area contributed by atoms with Crippen LogP contribution in [0.1, 0.15) is 18.1 Å². The first-order chi connectivity index (χ1) is 20.1. The SMILES string of the molecule is CCN(c1ccc2c3ccccc3n(-c3[c-]cccc3)c2n1)c1nc(-c2[c-]cccc2)cn1-c1c(C)cccc1C.[Pt+2]. The van der Waals surface area contributed by atoms with E-state index in [4.69, 9.17) is 9.97 Å². The van der Waals surface area contributed by atoms with Crippen LogP contribution >= 0.6 is 0 Å². The Hall–Kier alpha value is -4.47. The van der Waals surface area contributed by atoms with Crippen LogP contribution in [0, 0.1) is 26.0 Å². The Balaban J connectivity index is 0.00000316. The van der Waals surface area contributed by atoms with Crippen LogP contribution in [0.15, 0.2) is 109 Å². The van der Waals surface area contributed by atoms with Gasteiger partial charge in [-0.2, -0.15) is 24.3 Å². The van der Waals surface area contributed by atoms with Gasteiger partial charge in [-0.25, -0.2) is 4.98 Å². The Morgan fingerprint density at radius 3 is 2.19 bits per heavy atom. The van der Waals surface area contributed by atoms with Gasteiger partial charge in [0.1, 0.15) is 11.5 Å². The molecule has 0 fully saturated rings. The van der Waals surface area contributed by atoms with E-state index >= 15 is 0 Å². The summed E-state index contributed by atoms with van der Waals surface area (Å²) in [5.41, 5.74) is 8.30. The molecule has 0 saturated carbocycles. The number of fused-ring (bicyclic) bond motifs is 3. The first-order valence-corrected chi connectivity index (χ1v) is 13.9. The second-order valence-electron chi connectivity index (χ2n) is 10.2. The van der Waals surface area contributed by atoms with Crippen LogP contribution in [-0.2, 0) is 21.1 Å². The minimum absolute atomic E-state index is 0. The second-order valence-corrected chi connectivity index (χ2v) is 10.2. The summed E-state index contributed by atoms with van der Waals surface area (Å²) in [6, 6.07) is 41.9. The molecular weight excluding hydrogens is 698 g/mol. The van der Waals surface area contributed by atoms with Crippen molar-refractivity contribution in [3.8, 4) is 22.6 Å². The van der Waals surface area contributed by atoms with E-state index in [1.807, 2.05) is 36.4 Å². The monoisotopic (exact) mass is 726 g/mol. The molecule has 5 nitrogen and oxygen atoms in total. The van der Waals surface area contributed by atoms with Crippen molar-refractivity contribution in [1.29, 1.82) is 0 Å². The third-order valence-electron chi connectivity index (χ3n) is 7.63. The number of rotatable bonds is 6. The molecule has 6 heteroatoms. The molecular formula is C36H29N5Pt. The van der Waals surface area contributed by atoms with E-state index in [0.717, 1.165) is 50.9 Å². The maximum Gasteiger partial charge on any atom is 2.00 e. The number of pyridine rings is 1. The van der Waals surface area contributed by atoms with Gasteiger partial charge in [0.2, 0.25) is 5.95 Å². The molecule has 0 bridgehead atoms. The Kier molecular flexibility index (Phi) is 7.53. The van der Waals surface area contributed by atoms with Crippen molar-refractivity contribution in [2.45, 2.75) is 20.8 Å². The summed E-state index contributed by atoms with van der Waals surface area (Å²) in [7, 11) is 0. The molecule has 4 aromatic carbocycles. The molecule has 0 aliphatic carbocycles. The molecule has 0 unspecified atom stereocenters. The van der Waals surface area contributed by atoms with Gasteiger partial charge in [-0.05, 0) is 56.3 Å². The summed E-state index contributed by atoms with van der Waals surface area (Å²) < 4.78 is 4.40. The van der Waals surface area contributed by atoms with Crippen LogP contribution in [0.3, 0.4) is 0 Å². The molecule has 0 N–H and O–H groups in total. The number of aromatic nitrogens is 4. The maximum atomic E-state index is 5.31. The number of para-hydroxylation sites is 3. The Bertz CT molecular complexity index is 1990. The number of imidazole rings is 1. The number of hydrogen-bond donors (Lipinski definition) is 0.